The SMILES string of the molecule is Cc1[nH]c(-c2ccccc2)nc1CN1CCN(C(C)C)[C@@H](C)C1. The first kappa shape index (κ1) is 16.2. The topological polar surface area (TPSA) is 35.2 Å². The maximum Gasteiger partial charge on any atom is 0.137 e. The summed E-state index contributed by atoms with van der Waals surface area (Å²) in [6.07, 6.45) is 0. The molecule has 1 aromatic heterocycles. The number of aryl methyl sites for hydroxylation is 1. The van der Waals surface area contributed by atoms with Gasteiger partial charge < -0.3 is 4.98 Å². The number of rotatable bonds is 4. The van der Waals surface area contributed by atoms with E-state index in [0.717, 1.165) is 37.6 Å². The summed E-state index contributed by atoms with van der Waals surface area (Å²) in [5.74, 6) is 0.979. The second-order valence-corrected chi connectivity index (χ2v) is 6.94. The fourth-order valence-electron chi connectivity index (χ4n) is 3.55. The van der Waals surface area contributed by atoms with Crippen molar-refractivity contribution in [3.63, 3.8) is 0 Å². The quantitative estimate of drug-likeness (QED) is 0.941. The maximum absolute atomic E-state index is 4.84. The molecule has 1 aliphatic heterocycles. The maximum atomic E-state index is 4.84. The monoisotopic (exact) mass is 312 g/mol. The number of aromatic amines is 1. The molecule has 4 nitrogen and oxygen atoms in total. The van der Waals surface area contributed by atoms with E-state index in [1.54, 1.807) is 0 Å². The van der Waals surface area contributed by atoms with Crippen LogP contribution in [0.1, 0.15) is 32.2 Å². The van der Waals surface area contributed by atoms with E-state index in [0.29, 0.717) is 12.1 Å². The molecule has 2 aromatic rings. The van der Waals surface area contributed by atoms with Gasteiger partial charge in [-0.25, -0.2) is 4.98 Å². The van der Waals surface area contributed by atoms with Crippen molar-refractivity contribution in [3.05, 3.63) is 41.7 Å². The van der Waals surface area contributed by atoms with Gasteiger partial charge in [0.15, 0.2) is 0 Å². The van der Waals surface area contributed by atoms with Gasteiger partial charge in [0.25, 0.3) is 0 Å². The molecule has 1 N–H and O–H groups in total. The molecule has 1 aliphatic rings. The van der Waals surface area contributed by atoms with Crippen LogP contribution in [0.25, 0.3) is 11.4 Å². The number of imidazole rings is 1. The van der Waals surface area contributed by atoms with Gasteiger partial charge in [0, 0.05) is 49.5 Å². The Hall–Kier alpha value is -1.65. The van der Waals surface area contributed by atoms with E-state index in [2.05, 4.69) is 66.7 Å². The Morgan fingerprint density at radius 1 is 1.22 bits per heavy atom. The summed E-state index contributed by atoms with van der Waals surface area (Å²) in [7, 11) is 0. The first-order chi connectivity index (χ1) is 11.0. The van der Waals surface area contributed by atoms with Crippen molar-refractivity contribution in [1.82, 2.24) is 19.8 Å². The van der Waals surface area contributed by atoms with Crippen molar-refractivity contribution < 1.29 is 0 Å². The predicted molar refractivity (Wildman–Crippen MR) is 95.3 cm³/mol. The highest BCUT2D eigenvalue weighted by atomic mass is 15.3. The highest BCUT2D eigenvalue weighted by Crippen LogP contribution is 2.20. The normalized spacial score (nSPS) is 20.3. The third kappa shape index (κ3) is 3.65. The molecule has 0 aliphatic carbocycles. The lowest BCUT2D eigenvalue weighted by Gasteiger charge is -2.41. The zero-order valence-electron chi connectivity index (χ0n) is 14.7. The van der Waals surface area contributed by atoms with Gasteiger partial charge in [-0.3, -0.25) is 9.80 Å². The predicted octanol–water partition coefficient (Wildman–Crippen LogP) is 3.30. The molecule has 1 saturated heterocycles. The molecule has 0 spiro atoms. The molecule has 0 amide bonds. The second kappa shape index (κ2) is 6.85. The molecular weight excluding hydrogens is 284 g/mol. The lowest BCUT2D eigenvalue weighted by atomic mass is 10.1. The van der Waals surface area contributed by atoms with E-state index in [9.17, 15) is 0 Å². The third-order valence-electron chi connectivity index (χ3n) is 4.83. The van der Waals surface area contributed by atoms with Gasteiger partial charge in [0.05, 0.1) is 5.69 Å². The number of nitrogens with one attached hydrogen (secondary N) is 1. The number of hydrogen-bond acceptors (Lipinski definition) is 3. The zero-order valence-corrected chi connectivity index (χ0v) is 14.7. The van der Waals surface area contributed by atoms with Gasteiger partial charge in [0.2, 0.25) is 0 Å². The van der Waals surface area contributed by atoms with Crippen molar-refractivity contribution in [1.29, 1.82) is 0 Å². The highest BCUT2D eigenvalue weighted by molar-refractivity contribution is 5.55. The number of hydrogen-bond donors (Lipinski definition) is 1. The van der Waals surface area contributed by atoms with E-state index in [1.807, 2.05) is 6.07 Å². The lowest BCUT2D eigenvalue weighted by molar-refractivity contribution is 0.0558. The van der Waals surface area contributed by atoms with Crippen molar-refractivity contribution in [2.75, 3.05) is 19.6 Å². The minimum atomic E-state index is 0.608. The third-order valence-corrected chi connectivity index (χ3v) is 4.83. The van der Waals surface area contributed by atoms with Crippen molar-refractivity contribution in [3.8, 4) is 11.4 Å². The van der Waals surface area contributed by atoms with Crippen LogP contribution in [0.3, 0.4) is 0 Å². The van der Waals surface area contributed by atoms with E-state index in [1.165, 1.54) is 11.4 Å². The summed E-state index contributed by atoms with van der Waals surface area (Å²) >= 11 is 0. The van der Waals surface area contributed by atoms with Crippen LogP contribution in [-0.2, 0) is 6.54 Å². The molecule has 0 unspecified atom stereocenters. The summed E-state index contributed by atoms with van der Waals surface area (Å²) in [5.41, 5.74) is 3.51. The van der Waals surface area contributed by atoms with Crippen LogP contribution >= 0.6 is 0 Å². The average Bonchev–Trinajstić information content (AvgIpc) is 2.89. The van der Waals surface area contributed by atoms with Crippen LogP contribution < -0.4 is 0 Å². The minimum absolute atomic E-state index is 0.608. The van der Waals surface area contributed by atoms with Crippen molar-refractivity contribution >= 4 is 0 Å². The summed E-state index contributed by atoms with van der Waals surface area (Å²) in [6, 6.07) is 11.6. The van der Waals surface area contributed by atoms with Gasteiger partial charge in [0.1, 0.15) is 5.82 Å². The number of aromatic nitrogens is 2. The molecule has 124 valence electrons. The fraction of sp³-hybridized carbons (Fsp3) is 0.526. The van der Waals surface area contributed by atoms with Crippen LogP contribution in [0.2, 0.25) is 0 Å². The molecule has 4 heteroatoms. The second-order valence-electron chi connectivity index (χ2n) is 6.94. The van der Waals surface area contributed by atoms with Gasteiger partial charge in [-0.1, -0.05) is 30.3 Å². The number of H-pyrrole nitrogens is 1. The number of nitrogens with zero attached hydrogens (tertiary/aromatic N) is 3. The molecule has 1 aromatic carbocycles. The van der Waals surface area contributed by atoms with Crippen molar-refractivity contribution in [2.24, 2.45) is 0 Å². The van der Waals surface area contributed by atoms with E-state index in [4.69, 9.17) is 4.98 Å². The summed E-state index contributed by atoms with van der Waals surface area (Å²) in [4.78, 5) is 13.4. The average molecular weight is 312 g/mol. The molecule has 0 saturated carbocycles. The summed E-state index contributed by atoms with van der Waals surface area (Å²) < 4.78 is 0. The van der Waals surface area contributed by atoms with E-state index in [-0.39, 0.29) is 0 Å². The molecule has 3 rings (SSSR count). The largest absolute Gasteiger partial charge is 0.342 e. The first-order valence-corrected chi connectivity index (χ1v) is 8.63. The zero-order chi connectivity index (χ0) is 16.4. The van der Waals surface area contributed by atoms with E-state index < -0.39 is 0 Å². The van der Waals surface area contributed by atoms with Crippen LogP contribution in [-0.4, -0.2) is 51.5 Å². The van der Waals surface area contributed by atoms with Crippen molar-refractivity contribution in [2.45, 2.75) is 46.3 Å². The lowest BCUT2D eigenvalue weighted by Crippen LogP contribution is -2.53. The van der Waals surface area contributed by atoms with E-state index >= 15 is 0 Å². The molecule has 0 bridgehead atoms. The summed E-state index contributed by atoms with van der Waals surface area (Å²) in [5, 5.41) is 0. The molecule has 1 atom stereocenters. The molecule has 1 fully saturated rings. The Morgan fingerprint density at radius 2 is 1.96 bits per heavy atom. The Bertz CT molecular complexity index is 632. The Morgan fingerprint density at radius 3 is 2.61 bits per heavy atom. The summed E-state index contributed by atoms with van der Waals surface area (Å²) in [6.45, 7) is 13.4. The Balaban J connectivity index is 1.69. The fourth-order valence-corrected chi connectivity index (χ4v) is 3.55. The van der Waals surface area contributed by atoms with Crippen LogP contribution in [0.4, 0.5) is 0 Å². The van der Waals surface area contributed by atoms with Gasteiger partial charge in [-0.05, 0) is 27.7 Å². The number of benzene rings is 1. The van der Waals surface area contributed by atoms with Crippen LogP contribution in [0, 0.1) is 6.92 Å². The molecule has 0 radical (unpaired) electrons. The van der Waals surface area contributed by atoms with Gasteiger partial charge >= 0.3 is 0 Å². The number of piperazine rings is 1. The Labute approximate surface area is 139 Å². The first-order valence-electron chi connectivity index (χ1n) is 8.63. The molecular formula is C19H28N4. The van der Waals surface area contributed by atoms with Gasteiger partial charge in [-0.2, -0.15) is 0 Å². The van der Waals surface area contributed by atoms with Crippen LogP contribution in [0.5, 0.6) is 0 Å². The van der Waals surface area contributed by atoms with Gasteiger partial charge in [-0.15, -0.1) is 0 Å². The smallest absolute Gasteiger partial charge is 0.137 e. The standard InChI is InChI=1S/C19H28N4/c1-14(2)23-11-10-22(12-15(23)3)13-18-16(4)20-19(21-18)17-8-6-5-7-9-17/h5-9,14-15H,10-13H2,1-4H3,(H,20,21)/t15-/m0/s1. The Kier molecular flexibility index (Phi) is 4.83. The van der Waals surface area contributed by atoms with Crippen LogP contribution in [0.15, 0.2) is 30.3 Å². The highest BCUT2D eigenvalue weighted by Gasteiger charge is 2.26. The minimum Gasteiger partial charge on any atom is -0.342 e. The molecule has 23 heavy (non-hydrogen) atoms. The molecule has 2 heterocycles.